The Balaban J connectivity index is 0.997. The number of benzene rings is 10. The summed E-state index contributed by atoms with van der Waals surface area (Å²) < 4.78 is 10.2. The Morgan fingerprint density at radius 1 is 0.280 bits per heavy atom. The molecule has 0 saturated carbocycles. The number of fused-ring (bicyclic) bond motifs is 9. The van der Waals surface area contributed by atoms with E-state index < -0.39 is 0 Å². The fraction of sp³-hybridized carbons (Fsp3) is 0. The number of hydrogen-bond donors (Lipinski definition) is 0. The minimum absolute atomic E-state index is 1.12. The number of hydrogen-bond acceptors (Lipinski definition) is 5. The maximum atomic E-state index is 2.55. The minimum Gasteiger partial charge on any atom is -0.305 e. The highest BCUT2D eigenvalue weighted by Gasteiger charge is 2.29. The van der Waals surface area contributed by atoms with Crippen molar-refractivity contribution in [2.75, 3.05) is 9.80 Å². The van der Waals surface area contributed by atoms with Crippen molar-refractivity contribution < 1.29 is 0 Å². The van der Waals surface area contributed by atoms with Gasteiger partial charge in [-0.2, -0.15) is 0 Å². The van der Waals surface area contributed by atoms with Crippen LogP contribution in [0.15, 0.2) is 267 Å². The third kappa shape index (κ3) is 7.30. The molecular formula is C68H44N4S3. The summed E-state index contributed by atoms with van der Waals surface area (Å²) in [4.78, 5) is 4.81. The minimum atomic E-state index is 1.12. The predicted octanol–water partition coefficient (Wildman–Crippen LogP) is 20.6. The van der Waals surface area contributed by atoms with E-state index in [9.17, 15) is 0 Å². The molecular weight excluding hydrogens is 969 g/mol. The first-order chi connectivity index (χ1) is 37.2. The average molecular weight is 1010 g/mol. The molecule has 0 N–H and O–H groups in total. The first kappa shape index (κ1) is 43.6. The third-order valence-electron chi connectivity index (χ3n) is 14.5. The van der Waals surface area contributed by atoms with Crippen LogP contribution in [0.3, 0.4) is 0 Å². The van der Waals surface area contributed by atoms with Crippen LogP contribution in [0.25, 0.3) is 96.0 Å². The van der Waals surface area contributed by atoms with Crippen molar-refractivity contribution in [1.29, 1.82) is 0 Å². The lowest BCUT2D eigenvalue weighted by Crippen LogP contribution is -2.08. The van der Waals surface area contributed by atoms with E-state index in [1.807, 2.05) is 34.0 Å². The molecule has 4 nitrogen and oxygen atoms in total. The molecule has 75 heavy (non-hydrogen) atoms. The molecule has 0 saturated heterocycles. The number of thiophene rings is 3. The van der Waals surface area contributed by atoms with E-state index in [1.165, 1.54) is 84.7 Å². The largest absolute Gasteiger partial charge is 0.305 e. The van der Waals surface area contributed by atoms with Crippen LogP contribution in [-0.2, 0) is 0 Å². The smallest absolute Gasteiger partial charge is 0.103 e. The van der Waals surface area contributed by atoms with E-state index in [2.05, 4.69) is 286 Å². The van der Waals surface area contributed by atoms with E-state index in [0.717, 1.165) is 44.1 Å². The molecule has 0 unspecified atom stereocenters. The number of para-hydroxylation sites is 4. The van der Waals surface area contributed by atoms with Crippen LogP contribution in [0, 0.1) is 0 Å². The first-order valence-electron chi connectivity index (χ1n) is 25.2. The van der Waals surface area contributed by atoms with E-state index in [-0.39, 0.29) is 0 Å². The predicted molar refractivity (Wildman–Crippen MR) is 324 cm³/mol. The number of aromatic nitrogens is 2. The van der Waals surface area contributed by atoms with Gasteiger partial charge in [0.15, 0.2) is 0 Å². The second-order valence-electron chi connectivity index (χ2n) is 18.9. The van der Waals surface area contributed by atoms with Gasteiger partial charge in [0.1, 0.15) is 10.0 Å². The standard InChI is InChI=1S/C68H44N4S3/c1-5-22-51(23-6-1)69(52-24-7-2-8-25-52)61-43-59-65(73-61)67-63(71(59)55-38-34-46(35-39-55)50-33-32-45-18-13-14-20-49(45)42-50)64-68(75-67)66-60(44-62(74-66)70(53-26-9-3-10-27-53)54-28-11-4-12-29-54)72(64)56-40-36-48(37-41-56)58-31-17-21-47-19-15-16-30-57(47)58/h1-44H. The first-order valence-corrected chi connectivity index (χ1v) is 27.7. The van der Waals surface area contributed by atoms with Crippen LogP contribution >= 0.6 is 34.0 Å². The molecule has 354 valence electrons. The van der Waals surface area contributed by atoms with Gasteiger partial charge in [0.05, 0.1) is 40.9 Å². The molecule has 0 fully saturated rings. The molecule has 0 amide bonds. The maximum absolute atomic E-state index is 2.55. The Hall–Kier alpha value is -8.98. The lowest BCUT2D eigenvalue weighted by atomic mass is 9.98. The van der Waals surface area contributed by atoms with Gasteiger partial charge in [-0.15, -0.1) is 34.0 Å². The topological polar surface area (TPSA) is 16.3 Å². The van der Waals surface area contributed by atoms with Crippen molar-refractivity contribution in [3.8, 4) is 33.6 Å². The van der Waals surface area contributed by atoms with Gasteiger partial charge in [0.25, 0.3) is 0 Å². The molecule has 15 rings (SSSR count). The van der Waals surface area contributed by atoms with Crippen LogP contribution in [0.2, 0.25) is 0 Å². The van der Waals surface area contributed by atoms with Gasteiger partial charge in [0.2, 0.25) is 0 Å². The van der Waals surface area contributed by atoms with Crippen LogP contribution in [-0.4, -0.2) is 9.13 Å². The van der Waals surface area contributed by atoms with Crippen molar-refractivity contribution in [3.05, 3.63) is 267 Å². The van der Waals surface area contributed by atoms with Crippen LogP contribution in [0.5, 0.6) is 0 Å². The molecule has 0 aliphatic carbocycles. The highest BCUT2D eigenvalue weighted by Crippen LogP contribution is 2.55. The molecule has 0 bridgehead atoms. The second-order valence-corrected chi connectivity index (χ2v) is 22.0. The Labute approximate surface area is 445 Å². The lowest BCUT2D eigenvalue weighted by Gasteiger charge is -2.23. The molecule has 10 aromatic carbocycles. The molecule has 15 aromatic rings. The van der Waals surface area contributed by atoms with Gasteiger partial charge in [0, 0.05) is 34.1 Å². The zero-order valence-corrected chi connectivity index (χ0v) is 42.9. The summed E-state index contributed by atoms with van der Waals surface area (Å²) in [6.45, 7) is 0. The molecule has 0 atom stereocenters. The monoisotopic (exact) mass is 1010 g/mol. The molecule has 0 radical (unpaired) electrons. The maximum Gasteiger partial charge on any atom is 0.103 e. The average Bonchev–Trinajstić information content (AvgIpc) is 4.32. The van der Waals surface area contributed by atoms with E-state index in [0.29, 0.717) is 0 Å². The summed E-state index contributed by atoms with van der Waals surface area (Å²) >= 11 is 5.68. The second kappa shape index (κ2) is 17.9. The zero-order valence-electron chi connectivity index (χ0n) is 40.4. The summed E-state index contributed by atoms with van der Waals surface area (Å²) in [5.74, 6) is 0. The highest BCUT2D eigenvalue weighted by molar-refractivity contribution is 7.35. The summed E-state index contributed by atoms with van der Waals surface area (Å²) in [7, 11) is 0. The Kier molecular flexibility index (Phi) is 10.4. The van der Waals surface area contributed by atoms with Crippen LogP contribution in [0.4, 0.5) is 32.8 Å². The molecule has 5 aromatic heterocycles. The number of rotatable bonds is 10. The lowest BCUT2D eigenvalue weighted by molar-refractivity contribution is 1.15. The normalized spacial score (nSPS) is 11.7. The number of anilines is 6. The Morgan fingerprint density at radius 2 is 0.693 bits per heavy atom. The van der Waals surface area contributed by atoms with Gasteiger partial charge in [-0.1, -0.05) is 176 Å². The fourth-order valence-corrected chi connectivity index (χ4v) is 15.0. The van der Waals surface area contributed by atoms with Crippen molar-refractivity contribution in [2.24, 2.45) is 0 Å². The van der Waals surface area contributed by atoms with Gasteiger partial charge in [-0.25, -0.2) is 0 Å². The van der Waals surface area contributed by atoms with Crippen molar-refractivity contribution in [1.82, 2.24) is 9.13 Å². The van der Waals surface area contributed by atoms with Crippen LogP contribution in [0.1, 0.15) is 0 Å². The summed E-state index contributed by atoms with van der Waals surface area (Å²) in [6.07, 6.45) is 0. The van der Waals surface area contributed by atoms with E-state index in [4.69, 9.17) is 0 Å². The Bertz CT molecular complexity index is 4480. The van der Waals surface area contributed by atoms with Gasteiger partial charge in [-0.3, -0.25) is 0 Å². The Morgan fingerprint density at radius 3 is 1.20 bits per heavy atom. The number of nitrogens with zero attached hydrogens (tertiary/aromatic N) is 4. The van der Waals surface area contributed by atoms with Crippen molar-refractivity contribution in [3.63, 3.8) is 0 Å². The molecule has 0 aliphatic rings. The van der Waals surface area contributed by atoms with Crippen molar-refractivity contribution in [2.45, 2.75) is 0 Å². The quantitative estimate of drug-likeness (QED) is 0.136. The van der Waals surface area contributed by atoms with Crippen LogP contribution < -0.4 is 9.80 Å². The van der Waals surface area contributed by atoms with E-state index in [1.54, 1.807) is 0 Å². The SMILES string of the molecule is c1ccc(N(c2ccccc2)c2cc3c(s2)c2sc4c5sc(N(c6ccccc6)c6ccccc6)cc5n(-c5ccc(-c6cccc7ccccc67)cc5)c4c2n3-c2ccc(-c3ccc4ccccc4c3)cc2)cc1. The third-order valence-corrected chi connectivity index (χ3v) is 18.2. The van der Waals surface area contributed by atoms with Gasteiger partial charge >= 0.3 is 0 Å². The van der Waals surface area contributed by atoms with E-state index >= 15 is 0 Å². The van der Waals surface area contributed by atoms with Crippen molar-refractivity contribution >= 4 is 129 Å². The molecule has 0 spiro atoms. The zero-order chi connectivity index (χ0) is 49.4. The van der Waals surface area contributed by atoms with Gasteiger partial charge < -0.3 is 18.9 Å². The summed E-state index contributed by atoms with van der Waals surface area (Å²) in [5, 5.41) is 7.31. The summed E-state index contributed by atoms with van der Waals surface area (Å²) in [6, 6.07) is 97.1. The fourth-order valence-electron chi connectivity index (χ4n) is 11.1. The molecule has 0 aliphatic heterocycles. The highest BCUT2D eigenvalue weighted by atomic mass is 32.1. The summed E-state index contributed by atoms with van der Waals surface area (Å²) in [5.41, 5.74) is 16.4. The van der Waals surface area contributed by atoms with Gasteiger partial charge in [-0.05, 0) is 135 Å². The molecule has 5 heterocycles. The molecule has 7 heteroatoms.